The van der Waals surface area contributed by atoms with E-state index in [9.17, 15) is 20.2 Å². The second kappa shape index (κ2) is 5.78. The van der Waals surface area contributed by atoms with Gasteiger partial charge in [-0.05, 0) is 0 Å². The first-order valence-electron chi connectivity index (χ1n) is 5.24. The standard InChI is InChI=1S/C12H8N2O4Te/c15-13(16)9-5-1-3-7-11(9)19-12-8-4-2-6-10(12)14(17)18/h1-8H. The van der Waals surface area contributed by atoms with E-state index in [0.717, 1.165) is 0 Å². The van der Waals surface area contributed by atoms with Gasteiger partial charge in [-0.2, -0.15) is 0 Å². The minimum absolute atomic E-state index is 0.0306. The Bertz CT molecular complexity index is 590. The molecule has 19 heavy (non-hydrogen) atoms. The van der Waals surface area contributed by atoms with Crippen molar-refractivity contribution in [3.8, 4) is 0 Å². The van der Waals surface area contributed by atoms with Crippen LogP contribution in [0.25, 0.3) is 0 Å². The molecule has 2 rings (SSSR count). The molecule has 0 aromatic heterocycles. The Balaban J connectivity index is 2.42. The summed E-state index contributed by atoms with van der Waals surface area (Å²) in [6.45, 7) is 0. The van der Waals surface area contributed by atoms with Crippen molar-refractivity contribution in [1.82, 2.24) is 0 Å². The first-order chi connectivity index (χ1) is 9.09. The third kappa shape index (κ3) is 3.08. The Morgan fingerprint density at radius 3 is 1.47 bits per heavy atom. The Morgan fingerprint density at radius 1 is 0.737 bits per heavy atom. The zero-order chi connectivity index (χ0) is 13.8. The Hall–Kier alpha value is -1.97. The van der Waals surface area contributed by atoms with Gasteiger partial charge in [-0.15, -0.1) is 0 Å². The van der Waals surface area contributed by atoms with E-state index in [1.54, 1.807) is 36.4 Å². The molecular weight excluding hydrogens is 364 g/mol. The second-order valence-corrected chi connectivity index (χ2v) is 6.64. The summed E-state index contributed by atoms with van der Waals surface area (Å²) in [6, 6.07) is 12.8. The monoisotopic (exact) mass is 374 g/mol. The zero-order valence-electron chi connectivity index (χ0n) is 9.55. The molecule has 2 aromatic carbocycles. The molecule has 0 saturated heterocycles. The average Bonchev–Trinajstić information content (AvgIpc) is 2.39. The number of benzene rings is 2. The molecule has 0 radical (unpaired) electrons. The van der Waals surface area contributed by atoms with Gasteiger partial charge in [0, 0.05) is 0 Å². The quantitative estimate of drug-likeness (QED) is 0.458. The van der Waals surface area contributed by atoms with E-state index in [-0.39, 0.29) is 11.4 Å². The fourth-order valence-electron chi connectivity index (χ4n) is 1.51. The molecule has 0 aliphatic rings. The summed E-state index contributed by atoms with van der Waals surface area (Å²) in [5.41, 5.74) is 0.0612. The van der Waals surface area contributed by atoms with E-state index >= 15 is 0 Å². The van der Waals surface area contributed by atoms with Gasteiger partial charge in [0.25, 0.3) is 0 Å². The third-order valence-electron chi connectivity index (χ3n) is 2.34. The molecule has 0 N–H and O–H groups in total. The molecule has 0 atom stereocenters. The van der Waals surface area contributed by atoms with E-state index in [4.69, 9.17) is 0 Å². The summed E-state index contributed by atoms with van der Waals surface area (Å²) in [5.74, 6) is 0. The van der Waals surface area contributed by atoms with E-state index in [1.807, 2.05) is 0 Å². The van der Waals surface area contributed by atoms with Gasteiger partial charge in [0.15, 0.2) is 0 Å². The predicted octanol–water partition coefficient (Wildman–Crippen LogP) is 1.16. The van der Waals surface area contributed by atoms with Crippen molar-refractivity contribution in [2.45, 2.75) is 0 Å². The van der Waals surface area contributed by atoms with Gasteiger partial charge >= 0.3 is 118 Å². The molecule has 0 saturated carbocycles. The van der Waals surface area contributed by atoms with Gasteiger partial charge in [-0.3, -0.25) is 0 Å². The fraction of sp³-hybridized carbons (Fsp3) is 0. The predicted molar refractivity (Wildman–Crippen MR) is 71.2 cm³/mol. The van der Waals surface area contributed by atoms with Gasteiger partial charge in [-0.25, -0.2) is 0 Å². The van der Waals surface area contributed by atoms with Crippen LogP contribution >= 0.6 is 0 Å². The van der Waals surface area contributed by atoms with Gasteiger partial charge in [0.1, 0.15) is 0 Å². The molecule has 0 unspecified atom stereocenters. The van der Waals surface area contributed by atoms with Crippen LogP contribution in [0.15, 0.2) is 48.5 Å². The third-order valence-corrected chi connectivity index (χ3v) is 5.57. The van der Waals surface area contributed by atoms with Gasteiger partial charge < -0.3 is 0 Å². The van der Waals surface area contributed by atoms with Crippen LogP contribution < -0.4 is 7.22 Å². The molecule has 7 heteroatoms. The summed E-state index contributed by atoms with van der Waals surface area (Å²) < 4.78 is 1.18. The molecule has 0 heterocycles. The summed E-state index contributed by atoms with van der Waals surface area (Å²) in [7, 11) is 0. The average molecular weight is 372 g/mol. The van der Waals surface area contributed by atoms with Gasteiger partial charge in [0.05, 0.1) is 0 Å². The SMILES string of the molecule is O=[N+]([O-])c1ccccc1[Te]c1ccccc1[N+](=O)[O-]. The second-order valence-electron chi connectivity index (χ2n) is 3.55. The molecular formula is C12H8N2O4Te. The van der Waals surface area contributed by atoms with Crippen molar-refractivity contribution >= 4 is 39.5 Å². The number of nitrogens with zero attached hydrogens (tertiary/aromatic N) is 2. The van der Waals surface area contributed by atoms with Crippen LogP contribution in [0.4, 0.5) is 11.4 Å². The maximum absolute atomic E-state index is 10.9. The van der Waals surface area contributed by atoms with Crippen molar-refractivity contribution < 1.29 is 9.85 Å². The van der Waals surface area contributed by atoms with Crippen molar-refractivity contribution in [2.24, 2.45) is 0 Å². The molecule has 0 fully saturated rings. The van der Waals surface area contributed by atoms with Crippen molar-refractivity contribution in [3.63, 3.8) is 0 Å². The molecule has 0 amide bonds. The molecule has 0 aliphatic heterocycles. The fourth-order valence-corrected chi connectivity index (χ4v) is 4.43. The van der Waals surface area contributed by atoms with E-state index in [0.29, 0.717) is 7.22 Å². The molecule has 2 aromatic rings. The van der Waals surface area contributed by atoms with E-state index in [1.165, 1.54) is 12.1 Å². The Morgan fingerprint density at radius 2 is 1.11 bits per heavy atom. The Labute approximate surface area is 118 Å². The van der Waals surface area contributed by atoms with Crippen LogP contribution in [-0.4, -0.2) is 30.8 Å². The number of hydrogen-bond donors (Lipinski definition) is 0. The first-order valence-corrected chi connectivity index (χ1v) is 7.57. The van der Waals surface area contributed by atoms with E-state index < -0.39 is 30.8 Å². The summed E-state index contributed by atoms with van der Waals surface area (Å²) in [6.07, 6.45) is 0. The molecule has 0 spiro atoms. The first kappa shape index (κ1) is 13.5. The van der Waals surface area contributed by atoms with Crippen LogP contribution in [-0.2, 0) is 0 Å². The zero-order valence-corrected chi connectivity index (χ0v) is 11.9. The topological polar surface area (TPSA) is 86.3 Å². The number of para-hydroxylation sites is 2. The number of nitro groups is 2. The molecule has 6 nitrogen and oxygen atoms in total. The van der Waals surface area contributed by atoms with Crippen LogP contribution in [0.3, 0.4) is 0 Å². The summed E-state index contributed by atoms with van der Waals surface area (Å²) in [5, 5.41) is 21.8. The Kier molecular flexibility index (Phi) is 4.09. The number of hydrogen-bond acceptors (Lipinski definition) is 4. The van der Waals surface area contributed by atoms with Crippen LogP contribution in [0.2, 0.25) is 0 Å². The summed E-state index contributed by atoms with van der Waals surface area (Å²) >= 11 is -1.17. The summed E-state index contributed by atoms with van der Waals surface area (Å²) in [4.78, 5) is 20.9. The molecule has 0 aliphatic carbocycles. The molecule has 96 valence electrons. The normalized spacial score (nSPS) is 10.1. The molecule has 0 bridgehead atoms. The minimum atomic E-state index is -1.17. The van der Waals surface area contributed by atoms with Crippen LogP contribution in [0, 0.1) is 20.2 Å². The van der Waals surface area contributed by atoms with E-state index in [2.05, 4.69) is 0 Å². The van der Waals surface area contributed by atoms with Crippen LogP contribution in [0.5, 0.6) is 0 Å². The maximum atomic E-state index is 10.9. The van der Waals surface area contributed by atoms with Crippen molar-refractivity contribution in [3.05, 3.63) is 68.8 Å². The van der Waals surface area contributed by atoms with Gasteiger partial charge in [0.2, 0.25) is 0 Å². The number of nitro benzene ring substituents is 2. The van der Waals surface area contributed by atoms with Crippen molar-refractivity contribution in [2.75, 3.05) is 0 Å². The van der Waals surface area contributed by atoms with Gasteiger partial charge in [-0.1, -0.05) is 0 Å². The van der Waals surface area contributed by atoms with Crippen molar-refractivity contribution in [1.29, 1.82) is 0 Å². The van der Waals surface area contributed by atoms with Crippen LogP contribution in [0.1, 0.15) is 0 Å². The number of rotatable bonds is 4.